The zero-order valence-electron chi connectivity index (χ0n) is 15.6. The van der Waals surface area contributed by atoms with Gasteiger partial charge in [0.1, 0.15) is 8.07 Å². The van der Waals surface area contributed by atoms with Crippen LogP contribution < -0.4 is 0 Å². The van der Waals surface area contributed by atoms with E-state index in [0.717, 1.165) is 6.04 Å². The van der Waals surface area contributed by atoms with Gasteiger partial charge in [-0.15, -0.1) is 5.54 Å². The standard InChI is InChI=1S/C21H32Si2/c1-7-23(8-2,9-3)18-14-13-15-20(4)22(5,6)19-21-16-11-10-12-17-21/h10-13,15-17H,4,7-9,19H2,1-3,5-6H3/b15-13-. The van der Waals surface area contributed by atoms with Crippen LogP contribution in [0, 0.1) is 11.5 Å². The largest absolute Gasteiger partial charge is 0.138 e. The van der Waals surface area contributed by atoms with E-state index in [-0.39, 0.29) is 0 Å². The molecule has 23 heavy (non-hydrogen) atoms. The van der Waals surface area contributed by atoms with E-state index in [1.54, 1.807) is 0 Å². The van der Waals surface area contributed by atoms with Crippen molar-refractivity contribution in [2.24, 2.45) is 0 Å². The van der Waals surface area contributed by atoms with Crippen molar-refractivity contribution in [3.8, 4) is 11.5 Å². The highest BCUT2D eigenvalue weighted by Crippen LogP contribution is 2.21. The highest BCUT2D eigenvalue weighted by atomic mass is 28.3. The summed E-state index contributed by atoms with van der Waals surface area (Å²) in [5, 5.41) is 1.28. The first-order valence-electron chi connectivity index (χ1n) is 8.81. The third kappa shape index (κ3) is 6.01. The van der Waals surface area contributed by atoms with Gasteiger partial charge in [0, 0.05) is 0 Å². The minimum Gasteiger partial charge on any atom is -0.127 e. The molecule has 1 aromatic carbocycles. The highest BCUT2D eigenvalue weighted by molar-refractivity contribution is 6.87. The van der Waals surface area contributed by atoms with E-state index in [4.69, 9.17) is 0 Å². The molecule has 0 saturated heterocycles. The van der Waals surface area contributed by atoms with Gasteiger partial charge in [0.2, 0.25) is 0 Å². The van der Waals surface area contributed by atoms with E-state index in [1.807, 2.05) is 6.08 Å². The van der Waals surface area contributed by atoms with Crippen LogP contribution in [0.5, 0.6) is 0 Å². The van der Waals surface area contributed by atoms with Gasteiger partial charge in [-0.2, -0.15) is 0 Å². The number of hydrogen-bond donors (Lipinski definition) is 0. The first-order valence-corrected chi connectivity index (χ1v) is 14.6. The molecule has 0 atom stereocenters. The van der Waals surface area contributed by atoms with E-state index in [1.165, 1.54) is 28.9 Å². The van der Waals surface area contributed by atoms with E-state index in [0.29, 0.717) is 0 Å². The maximum absolute atomic E-state index is 4.34. The normalized spacial score (nSPS) is 12.0. The Bertz CT molecular complexity index is 573. The van der Waals surface area contributed by atoms with Gasteiger partial charge < -0.3 is 0 Å². The van der Waals surface area contributed by atoms with Gasteiger partial charge >= 0.3 is 0 Å². The second kappa shape index (κ2) is 9.10. The topological polar surface area (TPSA) is 0 Å². The molecule has 0 unspecified atom stereocenters. The lowest BCUT2D eigenvalue weighted by atomic mass is 10.2. The minimum atomic E-state index is -1.51. The minimum absolute atomic E-state index is 1.14. The van der Waals surface area contributed by atoms with Gasteiger partial charge in [0.15, 0.2) is 0 Å². The maximum Gasteiger partial charge on any atom is 0.138 e. The second-order valence-electron chi connectivity index (χ2n) is 7.02. The van der Waals surface area contributed by atoms with Crippen LogP contribution in [0.15, 0.2) is 54.3 Å². The van der Waals surface area contributed by atoms with E-state index in [2.05, 4.69) is 88.3 Å². The summed E-state index contributed by atoms with van der Waals surface area (Å²) in [5.41, 5.74) is 5.03. The number of hydrogen-bond acceptors (Lipinski definition) is 0. The van der Waals surface area contributed by atoms with Crippen LogP contribution in [0.1, 0.15) is 26.3 Å². The fourth-order valence-electron chi connectivity index (χ4n) is 2.80. The molecule has 0 aliphatic rings. The van der Waals surface area contributed by atoms with Crippen LogP contribution in [0.2, 0.25) is 31.2 Å². The third-order valence-corrected chi connectivity index (χ3v) is 13.0. The van der Waals surface area contributed by atoms with Gasteiger partial charge in [0.25, 0.3) is 0 Å². The lowest BCUT2D eigenvalue weighted by Crippen LogP contribution is -2.31. The summed E-state index contributed by atoms with van der Waals surface area (Å²) in [6.07, 6.45) is 4.22. The molecule has 1 aromatic rings. The summed E-state index contributed by atoms with van der Waals surface area (Å²) < 4.78 is 0. The zero-order chi connectivity index (χ0) is 17.3. The van der Waals surface area contributed by atoms with Gasteiger partial charge in [-0.1, -0.05) is 93.5 Å². The van der Waals surface area contributed by atoms with E-state index in [9.17, 15) is 0 Å². The van der Waals surface area contributed by atoms with Crippen molar-refractivity contribution >= 4 is 16.1 Å². The van der Waals surface area contributed by atoms with Crippen molar-refractivity contribution in [1.29, 1.82) is 0 Å². The maximum atomic E-state index is 4.34. The molecule has 0 fully saturated rings. The Labute approximate surface area is 145 Å². The predicted molar refractivity (Wildman–Crippen MR) is 111 cm³/mol. The predicted octanol–water partition coefficient (Wildman–Crippen LogP) is 6.18. The molecule has 1 rings (SSSR count). The molecule has 0 spiro atoms. The summed E-state index contributed by atoms with van der Waals surface area (Å²) in [7, 11) is -2.83. The van der Waals surface area contributed by atoms with Crippen LogP contribution in [0.3, 0.4) is 0 Å². The summed E-state index contributed by atoms with van der Waals surface area (Å²) in [6.45, 7) is 16.0. The molecule has 0 aliphatic carbocycles. The molecule has 124 valence electrons. The molecule has 0 aromatic heterocycles. The fraction of sp³-hybridized carbons (Fsp3) is 0.429. The lowest BCUT2D eigenvalue weighted by molar-refractivity contribution is 1.20. The van der Waals surface area contributed by atoms with Crippen LogP contribution in [0.25, 0.3) is 0 Å². The Hall–Kier alpha value is -1.31. The summed E-state index contributed by atoms with van der Waals surface area (Å²) in [6, 6.07) is 15.7. The zero-order valence-corrected chi connectivity index (χ0v) is 17.6. The van der Waals surface area contributed by atoms with Crippen molar-refractivity contribution in [2.45, 2.75) is 58.0 Å². The first kappa shape index (κ1) is 19.7. The second-order valence-corrected chi connectivity index (χ2v) is 16.7. The molecule has 0 bridgehead atoms. The first-order chi connectivity index (χ1) is 10.9. The van der Waals surface area contributed by atoms with Crippen molar-refractivity contribution < 1.29 is 0 Å². The van der Waals surface area contributed by atoms with Gasteiger partial charge in [-0.3, -0.25) is 0 Å². The van der Waals surface area contributed by atoms with Crippen LogP contribution in [0.4, 0.5) is 0 Å². The highest BCUT2D eigenvalue weighted by Gasteiger charge is 2.24. The monoisotopic (exact) mass is 340 g/mol. The smallest absolute Gasteiger partial charge is 0.127 e. The van der Waals surface area contributed by atoms with Crippen molar-refractivity contribution in [1.82, 2.24) is 0 Å². The fourth-order valence-corrected chi connectivity index (χ4v) is 7.24. The molecule has 0 heterocycles. The average Bonchev–Trinajstić information content (AvgIpc) is 2.56. The van der Waals surface area contributed by atoms with Gasteiger partial charge in [0.05, 0.1) is 8.07 Å². The molecule has 0 saturated carbocycles. The van der Waals surface area contributed by atoms with E-state index < -0.39 is 16.1 Å². The van der Waals surface area contributed by atoms with Gasteiger partial charge in [-0.05, 0) is 30.3 Å². The van der Waals surface area contributed by atoms with Gasteiger partial charge in [-0.25, -0.2) is 0 Å². The van der Waals surface area contributed by atoms with Crippen molar-refractivity contribution in [3.05, 3.63) is 59.8 Å². The quantitative estimate of drug-likeness (QED) is 0.316. The molecule has 0 aliphatic heterocycles. The molecule has 0 amide bonds. The molecular weight excluding hydrogens is 308 g/mol. The number of benzene rings is 1. The molecule has 0 nitrogen and oxygen atoms in total. The summed E-state index contributed by atoms with van der Waals surface area (Å²) >= 11 is 0. The number of rotatable bonds is 7. The van der Waals surface area contributed by atoms with Crippen LogP contribution >= 0.6 is 0 Å². The molecule has 0 radical (unpaired) electrons. The van der Waals surface area contributed by atoms with Crippen molar-refractivity contribution in [2.75, 3.05) is 0 Å². The third-order valence-electron chi connectivity index (χ3n) is 5.09. The number of allylic oxidation sites excluding steroid dienone is 3. The molecule has 0 N–H and O–H groups in total. The molecular formula is C21H32Si2. The Morgan fingerprint density at radius 2 is 1.61 bits per heavy atom. The van der Waals surface area contributed by atoms with E-state index >= 15 is 0 Å². The summed E-state index contributed by atoms with van der Waals surface area (Å²) in [4.78, 5) is 0. The van der Waals surface area contributed by atoms with Crippen LogP contribution in [-0.4, -0.2) is 16.1 Å². The lowest BCUT2D eigenvalue weighted by Gasteiger charge is -2.23. The molecule has 2 heteroatoms. The Morgan fingerprint density at radius 1 is 1.04 bits per heavy atom. The van der Waals surface area contributed by atoms with Crippen molar-refractivity contribution in [3.63, 3.8) is 0 Å². The SMILES string of the molecule is C=C(/C=C\C#C[Si](CC)(CC)CC)[Si](C)(C)Cc1ccccc1. The summed E-state index contributed by atoms with van der Waals surface area (Å²) in [5.74, 6) is 3.34. The Morgan fingerprint density at radius 3 is 2.13 bits per heavy atom. The van der Waals surface area contributed by atoms with Crippen LogP contribution in [-0.2, 0) is 6.04 Å². The Balaban J connectivity index is 2.75. The average molecular weight is 341 g/mol. The Kier molecular flexibility index (Phi) is 7.81.